The molecule has 1 aromatic carbocycles. The molecule has 4 rings (SSSR count). The van der Waals surface area contributed by atoms with Crippen molar-refractivity contribution in [2.24, 2.45) is 0 Å². The molecule has 1 aliphatic heterocycles. The number of carbonyl (C=O) groups is 1. The average molecular weight is 537 g/mol. The summed E-state index contributed by atoms with van der Waals surface area (Å²) in [6.45, 7) is 14.3. The maximum Gasteiger partial charge on any atom is 0.247 e. The van der Waals surface area contributed by atoms with Crippen molar-refractivity contribution in [3.63, 3.8) is 0 Å². The van der Waals surface area contributed by atoms with E-state index in [1.54, 1.807) is 12.3 Å². The van der Waals surface area contributed by atoms with Crippen molar-refractivity contribution in [1.29, 1.82) is 0 Å². The van der Waals surface area contributed by atoms with Gasteiger partial charge in [0.15, 0.2) is 0 Å². The Kier molecular flexibility index (Phi) is 9.92. The molecule has 0 spiro atoms. The van der Waals surface area contributed by atoms with Crippen LogP contribution in [0.2, 0.25) is 5.02 Å². The highest BCUT2D eigenvalue weighted by atomic mass is 35.5. The van der Waals surface area contributed by atoms with Gasteiger partial charge in [-0.05, 0) is 44.6 Å². The van der Waals surface area contributed by atoms with Gasteiger partial charge in [-0.15, -0.1) is 0 Å². The summed E-state index contributed by atoms with van der Waals surface area (Å²) in [5.74, 6) is 1.15. The third kappa shape index (κ3) is 7.90. The molecule has 38 heavy (non-hydrogen) atoms. The zero-order valence-corrected chi connectivity index (χ0v) is 23.0. The van der Waals surface area contributed by atoms with Crippen LogP contribution >= 0.6 is 11.6 Å². The summed E-state index contributed by atoms with van der Waals surface area (Å²) in [4.78, 5) is 25.8. The molecule has 2 aromatic rings. The Morgan fingerprint density at radius 3 is 2.87 bits per heavy atom. The first-order valence-corrected chi connectivity index (χ1v) is 13.6. The fraction of sp³-hybridized carbons (Fsp3) is 0.414. The molecule has 1 aliphatic carbocycles. The van der Waals surface area contributed by atoms with Gasteiger partial charge in [-0.25, -0.2) is 9.97 Å². The second-order valence-electron chi connectivity index (χ2n) is 9.81. The molecule has 1 aromatic heterocycles. The number of carbonyl (C=O) groups excluding carboxylic acids is 1. The maximum atomic E-state index is 11.7. The first-order chi connectivity index (χ1) is 18.4. The first-order valence-electron chi connectivity index (χ1n) is 13.2. The van der Waals surface area contributed by atoms with E-state index in [0.29, 0.717) is 41.4 Å². The normalized spacial score (nSPS) is 18.2. The lowest BCUT2D eigenvalue weighted by Gasteiger charge is -2.36. The number of aromatic nitrogens is 2. The van der Waals surface area contributed by atoms with Gasteiger partial charge in [-0.3, -0.25) is 9.69 Å². The van der Waals surface area contributed by atoms with E-state index < -0.39 is 0 Å². The van der Waals surface area contributed by atoms with E-state index in [9.17, 15) is 4.79 Å². The van der Waals surface area contributed by atoms with Gasteiger partial charge >= 0.3 is 0 Å². The standard InChI is InChI=1S/C29H37ClN6O2/c1-4-27(37)32-23-9-5-8-22(18-23)28-26(30)20-31-29(34-28)33-24-10-6-11-25(19-24)38-17-7-12-35-13-15-36(16-14-35)21(2)3/h4-6,8-11,18,20-21,24H,1,7,12-17,19H2,2-3H3,(H,32,37)(H,31,33,34). The fourth-order valence-corrected chi connectivity index (χ4v) is 4.79. The highest BCUT2D eigenvalue weighted by molar-refractivity contribution is 6.32. The minimum absolute atomic E-state index is 0.00588. The molecule has 0 radical (unpaired) electrons. The SMILES string of the molecule is C=CC(=O)Nc1cccc(-c2nc(NC3C=CC=C(OCCCN4CCN(C(C)C)CC4)C3)ncc2Cl)c1. The zero-order chi connectivity index (χ0) is 26.9. The summed E-state index contributed by atoms with van der Waals surface area (Å²) in [7, 11) is 0. The molecule has 1 fully saturated rings. The quantitative estimate of drug-likeness (QED) is 0.309. The van der Waals surface area contributed by atoms with Gasteiger partial charge in [0.1, 0.15) is 0 Å². The lowest BCUT2D eigenvalue weighted by Crippen LogP contribution is -2.49. The molecule has 2 heterocycles. The summed E-state index contributed by atoms with van der Waals surface area (Å²) < 4.78 is 6.10. The summed E-state index contributed by atoms with van der Waals surface area (Å²) in [5.41, 5.74) is 1.99. The van der Waals surface area contributed by atoms with Gasteiger partial charge in [-0.1, -0.05) is 42.5 Å². The van der Waals surface area contributed by atoms with Crippen LogP contribution in [0.5, 0.6) is 0 Å². The molecule has 8 nitrogen and oxygen atoms in total. The topological polar surface area (TPSA) is 82.6 Å². The van der Waals surface area contributed by atoms with Crippen molar-refractivity contribution in [2.45, 2.75) is 38.8 Å². The van der Waals surface area contributed by atoms with Crippen LogP contribution in [0.25, 0.3) is 11.3 Å². The summed E-state index contributed by atoms with van der Waals surface area (Å²) in [5, 5.41) is 6.56. The second-order valence-corrected chi connectivity index (χ2v) is 10.2. The molecule has 1 atom stereocenters. The Hall–Kier alpha value is -3.20. The fourth-order valence-electron chi connectivity index (χ4n) is 4.59. The van der Waals surface area contributed by atoms with Crippen LogP contribution in [0.3, 0.4) is 0 Å². The number of rotatable bonds is 11. The highest BCUT2D eigenvalue weighted by Crippen LogP contribution is 2.29. The first kappa shape index (κ1) is 27.8. The number of piperazine rings is 1. The van der Waals surface area contributed by atoms with Crippen LogP contribution in [-0.4, -0.2) is 77.1 Å². The second kappa shape index (κ2) is 13.6. The largest absolute Gasteiger partial charge is 0.498 e. The van der Waals surface area contributed by atoms with E-state index in [2.05, 4.69) is 56.9 Å². The van der Waals surface area contributed by atoms with E-state index in [1.807, 2.05) is 30.4 Å². The molecule has 1 unspecified atom stereocenters. The lowest BCUT2D eigenvalue weighted by molar-refractivity contribution is -0.111. The third-order valence-electron chi connectivity index (χ3n) is 6.74. The maximum absolute atomic E-state index is 11.7. The molecule has 9 heteroatoms. The molecule has 0 saturated carbocycles. The van der Waals surface area contributed by atoms with Gasteiger partial charge < -0.3 is 20.3 Å². The number of allylic oxidation sites excluding steroid dienone is 2. The van der Waals surface area contributed by atoms with Gasteiger partial charge in [0.25, 0.3) is 0 Å². The van der Waals surface area contributed by atoms with Gasteiger partial charge in [0.05, 0.1) is 35.3 Å². The zero-order valence-electron chi connectivity index (χ0n) is 22.2. The lowest BCUT2D eigenvalue weighted by atomic mass is 10.1. The Bertz CT molecular complexity index is 1170. The monoisotopic (exact) mass is 536 g/mol. The van der Waals surface area contributed by atoms with Crippen LogP contribution in [0.4, 0.5) is 11.6 Å². The number of nitrogens with one attached hydrogen (secondary N) is 2. The number of benzene rings is 1. The van der Waals surface area contributed by atoms with E-state index in [4.69, 9.17) is 16.3 Å². The number of amides is 1. The van der Waals surface area contributed by atoms with Crippen molar-refractivity contribution >= 4 is 29.1 Å². The number of anilines is 2. The smallest absolute Gasteiger partial charge is 0.247 e. The number of ether oxygens (including phenoxy) is 1. The van der Waals surface area contributed by atoms with Crippen LogP contribution in [0.1, 0.15) is 26.7 Å². The van der Waals surface area contributed by atoms with E-state index >= 15 is 0 Å². The van der Waals surface area contributed by atoms with Crippen LogP contribution in [-0.2, 0) is 9.53 Å². The van der Waals surface area contributed by atoms with Crippen molar-refractivity contribution in [3.8, 4) is 11.3 Å². The molecule has 2 N–H and O–H groups in total. The van der Waals surface area contributed by atoms with E-state index in [-0.39, 0.29) is 11.9 Å². The minimum atomic E-state index is -0.280. The predicted octanol–water partition coefficient (Wildman–Crippen LogP) is 4.98. The van der Waals surface area contributed by atoms with Crippen LogP contribution < -0.4 is 10.6 Å². The van der Waals surface area contributed by atoms with Crippen LogP contribution in [0, 0.1) is 0 Å². The average Bonchev–Trinajstić information content (AvgIpc) is 2.93. The van der Waals surface area contributed by atoms with Crippen molar-refractivity contribution < 1.29 is 9.53 Å². The minimum Gasteiger partial charge on any atom is -0.498 e. The Balaban J connectivity index is 1.27. The van der Waals surface area contributed by atoms with Gasteiger partial charge in [0.2, 0.25) is 11.9 Å². The third-order valence-corrected chi connectivity index (χ3v) is 7.01. The van der Waals surface area contributed by atoms with Crippen molar-refractivity contribution in [3.05, 3.63) is 72.1 Å². The van der Waals surface area contributed by atoms with Gasteiger partial charge in [0, 0.05) is 56.4 Å². The number of nitrogens with zero attached hydrogens (tertiary/aromatic N) is 4. The molecule has 1 amide bonds. The highest BCUT2D eigenvalue weighted by Gasteiger charge is 2.19. The summed E-state index contributed by atoms with van der Waals surface area (Å²) in [6.07, 6.45) is 10.6. The summed E-state index contributed by atoms with van der Waals surface area (Å²) in [6, 6.07) is 7.97. The molecular weight excluding hydrogens is 500 g/mol. The number of hydrogen-bond donors (Lipinski definition) is 2. The van der Waals surface area contributed by atoms with E-state index in [0.717, 1.165) is 50.5 Å². The van der Waals surface area contributed by atoms with E-state index in [1.165, 1.54) is 6.08 Å². The molecule has 0 bridgehead atoms. The Morgan fingerprint density at radius 1 is 1.29 bits per heavy atom. The Morgan fingerprint density at radius 2 is 2.11 bits per heavy atom. The van der Waals surface area contributed by atoms with Crippen LogP contribution in [0.15, 0.2) is 67.1 Å². The number of hydrogen-bond acceptors (Lipinski definition) is 7. The van der Waals surface area contributed by atoms with Crippen molar-refractivity contribution in [1.82, 2.24) is 19.8 Å². The molecule has 2 aliphatic rings. The van der Waals surface area contributed by atoms with Crippen molar-refractivity contribution in [2.75, 3.05) is 50.0 Å². The predicted molar refractivity (Wildman–Crippen MR) is 154 cm³/mol. The molecular formula is C29H37ClN6O2. The van der Waals surface area contributed by atoms with Gasteiger partial charge in [-0.2, -0.15) is 0 Å². The molecule has 202 valence electrons. The Labute approximate surface area is 230 Å². The summed E-state index contributed by atoms with van der Waals surface area (Å²) >= 11 is 6.42. The number of halogens is 1. The molecule has 1 saturated heterocycles.